The van der Waals surface area contributed by atoms with E-state index in [2.05, 4.69) is 10.6 Å². The molecule has 4 rings (SSSR count). The maximum atomic E-state index is 13.4. The van der Waals surface area contributed by atoms with E-state index in [9.17, 15) is 14.4 Å². The van der Waals surface area contributed by atoms with Crippen molar-refractivity contribution < 1.29 is 14.3 Å². The molecule has 2 aromatic carbocycles. The number of amides is 2. The number of nitrogens with zero attached hydrogens (tertiary/aromatic N) is 2. The monoisotopic (exact) mass is 508 g/mol. The van der Waals surface area contributed by atoms with Crippen molar-refractivity contribution in [3.05, 3.63) is 70.0 Å². The zero-order chi connectivity index (χ0) is 25.3. The number of ether oxygens (including phenoxy) is 1. The second-order valence-corrected chi connectivity index (χ2v) is 9.88. The molecule has 36 heavy (non-hydrogen) atoms. The van der Waals surface area contributed by atoms with Gasteiger partial charge >= 0.3 is 0 Å². The molecule has 1 saturated carbocycles. The predicted molar refractivity (Wildman–Crippen MR) is 141 cm³/mol. The Bertz CT molecular complexity index is 1250. The van der Waals surface area contributed by atoms with Crippen molar-refractivity contribution in [3.63, 3.8) is 0 Å². The number of nitrogens with one attached hydrogen (secondary N) is 2. The molecule has 1 aromatic heterocycles. The Morgan fingerprint density at radius 1 is 1.08 bits per heavy atom. The third kappa shape index (κ3) is 6.73. The Labute approximate surface area is 214 Å². The highest BCUT2D eigenvalue weighted by molar-refractivity contribution is 7.99. The lowest BCUT2D eigenvalue weighted by Crippen LogP contribution is -2.37. The van der Waals surface area contributed by atoms with Gasteiger partial charge in [-0.3, -0.25) is 19.0 Å². The van der Waals surface area contributed by atoms with E-state index in [1.807, 2.05) is 30.3 Å². The van der Waals surface area contributed by atoms with Crippen LogP contribution in [0.15, 0.2) is 58.5 Å². The summed E-state index contributed by atoms with van der Waals surface area (Å²) >= 11 is 1.28. The molecule has 0 atom stereocenters. The number of methoxy groups -OCH3 is 1. The third-order valence-electron chi connectivity index (χ3n) is 6.28. The van der Waals surface area contributed by atoms with E-state index in [1.54, 1.807) is 29.9 Å². The number of aromatic nitrogens is 2. The molecule has 0 spiro atoms. The van der Waals surface area contributed by atoms with Crippen LogP contribution in [0.1, 0.15) is 48.0 Å². The van der Waals surface area contributed by atoms with E-state index >= 15 is 0 Å². The van der Waals surface area contributed by atoms with E-state index in [0.29, 0.717) is 34.8 Å². The van der Waals surface area contributed by atoms with Gasteiger partial charge in [0.1, 0.15) is 0 Å². The Balaban J connectivity index is 1.51. The van der Waals surface area contributed by atoms with Crippen LogP contribution >= 0.6 is 11.8 Å². The molecule has 1 heterocycles. The highest BCUT2D eigenvalue weighted by atomic mass is 32.2. The van der Waals surface area contributed by atoms with Gasteiger partial charge in [0.15, 0.2) is 5.16 Å². The molecular weight excluding hydrogens is 476 g/mol. The fraction of sp³-hybridized carbons (Fsp3) is 0.407. The second-order valence-electron chi connectivity index (χ2n) is 8.94. The van der Waals surface area contributed by atoms with Gasteiger partial charge in [-0.15, -0.1) is 0 Å². The summed E-state index contributed by atoms with van der Waals surface area (Å²) < 4.78 is 6.56. The van der Waals surface area contributed by atoms with Crippen molar-refractivity contribution in [2.45, 2.75) is 49.8 Å². The van der Waals surface area contributed by atoms with Crippen molar-refractivity contribution >= 4 is 34.5 Å². The number of benzene rings is 2. The molecule has 3 aromatic rings. The smallest absolute Gasteiger partial charge is 0.262 e. The average molecular weight is 509 g/mol. The largest absolute Gasteiger partial charge is 0.383 e. The Kier molecular flexibility index (Phi) is 9.13. The molecule has 190 valence electrons. The van der Waals surface area contributed by atoms with Crippen LogP contribution in [0.2, 0.25) is 0 Å². The van der Waals surface area contributed by atoms with Crippen LogP contribution in [0.4, 0.5) is 0 Å². The van der Waals surface area contributed by atoms with Crippen molar-refractivity contribution in [1.29, 1.82) is 0 Å². The highest BCUT2D eigenvalue weighted by Crippen LogP contribution is 2.21. The maximum Gasteiger partial charge on any atom is 0.262 e. The van der Waals surface area contributed by atoms with Crippen LogP contribution in [0.3, 0.4) is 0 Å². The lowest BCUT2D eigenvalue weighted by molar-refractivity contribution is -0.119. The maximum absolute atomic E-state index is 13.4. The molecule has 0 bridgehead atoms. The number of hydrogen-bond donors (Lipinski definition) is 2. The first-order chi connectivity index (χ1) is 17.5. The number of carbonyl (C=O) groups is 2. The van der Waals surface area contributed by atoms with Crippen LogP contribution in [0, 0.1) is 0 Å². The molecule has 0 unspecified atom stereocenters. The summed E-state index contributed by atoms with van der Waals surface area (Å²) in [5, 5.41) is 6.95. The lowest BCUT2D eigenvalue weighted by Gasteiger charge is -2.22. The van der Waals surface area contributed by atoms with E-state index < -0.39 is 0 Å². The highest BCUT2D eigenvalue weighted by Gasteiger charge is 2.18. The molecule has 0 radical (unpaired) electrons. The fourth-order valence-electron chi connectivity index (χ4n) is 4.36. The minimum Gasteiger partial charge on any atom is -0.383 e. The number of carbonyl (C=O) groups excluding carboxylic acids is 2. The quantitative estimate of drug-likeness (QED) is 0.247. The molecule has 1 fully saturated rings. The summed E-state index contributed by atoms with van der Waals surface area (Å²) in [4.78, 5) is 42.9. The molecule has 2 amide bonds. The normalized spacial score (nSPS) is 14.0. The van der Waals surface area contributed by atoms with Crippen LogP contribution in [0.25, 0.3) is 10.9 Å². The Hall–Kier alpha value is -3.17. The molecule has 1 aliphatic rings. The van der Waals surface area contributed by atoms with E-state index in [1.165, 1.54) is 18.2 Å². The van der Waals surface area contributed by atoms with Crippen LogP contribution in [-0.4, -0.2) is 53.4 Å². The van der Waals surface area contributed by atoms with Crippen LogP contribution in [0.5, 0.6) is 0 Å². The van der Waals surface area contributed by atoms with Crippen molar-refractivity contribution in [2.75, 3.05) is 26.0 Å². The fourth-order valence-corrected chi connectivity index (χ4v) is 5.17. The number of para-hydroxylation sites is 1. The van der Waals surface area contributed by atoms with Gasteiger partial charge in [-0.05, 0) is 42.7 Å². The number of fused-ring (bicyclic) bond motifs is 1. The molecule has 1 aliphatic carbocycles. The molecule has 2 N–H and O–H groups in total. The van der Waals surface area contributed by atoms with Crippen molar-refractivity contribution in [1.82, 2.24) is 20.2 Å². The number of hydrogen-bond acceptors (Lipinski definition) is 6. The SMILES string of the molecule is COCCNC(=O)c1ccc(Cn2c(SCC(=O)NC3CCCCC3)nc3ccccc3c2=O)cc1. The number of rotatable bonds is 10. The zero-order valence-electron chi connectivity index (χ0n) is 20.5. The van der Waals surface area contributed by atoms with Crippen molar-refractivity contribution in [3.8, 4) is 0 Å². The standard InChI is InChI=1S/C27H32N4O4S/c1-35-16-15-28-25(33)20-13-11-19(12-14-20)17-31-26(34)22-9-5-6-10-23(22)30-27(31)36-18-24(32)29-21-7-3-2-4-8-21/h5-6,9-14,21H,2-4,7-8,15-18H2,1H3,(H,28,33)(H,29,32). The van der Waals surface area contributed by atoms with Gasteiger partial charge in [-0.1, -0.05) is 55.3 Å². The zero-order valence-corrected chi connectivity index (χ0v) is 21.3. The van der Waals surface area contributed by atoms with Crippen LogP contribution < -0.4 is 16.2 Å². The molecule has 8 nitrogen and oxygen atoms in total. The first-order valence-electron chi connectivity index (χ1n) is 12.3. The van der Waals surface area contributed by atoms with E-state index in [0.717, 1.165) is 31.2 Å². The third-order valence-corrected chi connectivity index (χ3v) is 7.25. The summed E-state index contributed by atoms with van der Waals surface area (Å²) in [5.41, 5.74) is 1.85. The summed E-state index contributed by atoms with van der Waals surface area (Å²) in [6.45, 7) is 1.17. The molecular formula is C27H32N4O4S. The van der Waals surface area contributed by atoms with E-state index in [-0.39, 0.29) is 35.7 Å². The first-order valence-corrected chi connectivity index (χ1v) is 13.3. The molecule has 0 aliphatic heterocycles. The van der Waals surface area contributed by atoms with Gasteiger partial charge in [0.2, 0.25) is 5.91 Å². The van der Waals surface area contributed by atoms with Crippen molar-refractivity contribution in [2.24, 2.45) is 0 Å². The first kappa shape index (κ1) is 25.9. The summed E-state index contributed by atoms with van der Waals surface area (Å²) in [7, 11) is 1.58. The minimum atomic E-state index is -0.177. The van der Waals surface area contributed by atoms with Gasteiger partial charge in [-0.2, -0.15) is 0 Å². The summed E-state index contributed by atoms with van der Waals surface area (Å²) in [5.74, 6) is -0.0185. The molecule has 0 saturated heterocycles. The number of thioether (sulfide) groups is 1. The summed E-state index contributed by atoms with van der Waals surface area (Å²) in [6, 6.07) is 14.6. The Morgan fingerprint density at radius 2 is 1.83 bits per heavy atom. The van der Waals surface area contributed by atoms with Gasteiger partial charge < -0.3 is 15.4 Å². The van der Waals surface area contributed by atoms with Gasteiger partial charge in [0, 0.05) is 25.3 Å². The lowest BCUT2D eigenvalue weighted by atomic mass is 9.95. The topological polar surface area (TPSA) is 102 Å². The molecule has 9 heteroatoms. The summed E-state index contributed by atoms with van der Waals surface area (Å²) in [6.07, 6.45) is 5.58. The minimum absolute atomic E-state index is 0.0373. The van der Waals surface area contributed by atoms with Crippen LogP contribution in [-0.2, 0) is 16.1 Å². The average Bonchev–Trinajstić information content (AvgIpc) is 2.90. The second kappa shape index (κ2) is 12.7. The Morgan fingerprint density at radius 3 is 2.58 bits per heavy atom. The van der Waals surface area contributed by atoms with E-state index in [4.69, 9.17) is 9.72 Å². The van der Waals surface area contributed by atoms with Gasteiger partial charge in [0.05, 0.1) is 29.8 Å². The van der Waals surface area contributed by atoms with Gasteiger partial charge in [0.25, 0.3) is 11.5 Å². The van der Waals surface area contributed by atoms with Gasteiger partial charge in [-0.25, -0.2) is 4.98 Å². The predicted octanol–water partition coefficient (Wildman–Crippen LogP) is 3.36.